The minimum Gasteiger partial charge on any atom is -0.306 e. The van der Waals surface area contributed by atoms with Crippen LogP contribution in [0.15, 0.2) is 24.5 Å². The maximum Gasteiger partial charge on any atom is 0.164 e. The lowest BCUT2D eigenvalue weighted by Gasteiger charge is -2.03. The maximum atomic E-state index is 13.2. The molecule has 1 aromatic heterocycles. The predicted octanol–water partition coefficient (Wildman–Crippen LogP) is 1.12. The van der Waals surface area contributed by atoms with Crippen molar-refractivity contribution in [2.45, 2.75) is 13.1 Å². The molecule has 0 atom stereocenters. The summed E-state index contributed by atoms with van der Waals surface area (Å²) in [5.74, 6) is 0.274. The van der Waals surface area contributed by atoms with Gasteiger partial charge in [-0.1, -0.05) is 0 Å². The first-order valence-electron chi connectivity index (χ1n) is 5.42. The van der Waals surface area contributed by atoms with Crippen LogP contribution in [0, 0.1) is 17.1 Å². The van der Waals surface area contributed by atoms with Crippen molar-refractivity contribution in [3.63, 3.8) is 0 Å². The highest BCUT2D eigenvalue weighted by Crippen LogP contribution is 2.08. The van der Waals surface area contributed by atoms with Crippen LogP contribution in [0.2, 0.25) is 0 Å². The number of rotatable bonds is 4. The highest BCUT2D eigenvalue weighted by Gasteiger charge is 2.02. The minimum atomic E-state index is -0.401. The van der Waals surface area contributed by atoms with Crippen LogP contribution >= 0.6 is 0 Å². The predicted molar refractivity (Wildman–Crippen MR) is 62.7 cm³/mol. The Hall–Kier alpha value is -2.26. The second-order valence-corrected chi connectivity index (χ2v) is 3.90. The molecular formula is C12H12FN5. The van der Waals surface area contributed by atoms with Crippen LogP contribution in [0.1, 0.15) is 17.0 Å². The third-order valence-corrected chi connectivity index (χ3v) is 2.35. The van der Waals surface area contributed by atoms with E-state index in [0.717, 1.165) is 5.56 Å². The van der Waals surface area contributed by atoms with Gasteiger partial charge in [0.2, 0.25) is 0 Å². The molecule has 0 radical (unpaired) electrons. The normalized spacial score (nSPS) is 10.3. The third-order valence-electron chi connectivity index (χ3n) is 2.35. The molecule has 0 saturated heterocycles. The molecule has 92 valence electrons. The van der Waals surface area contributed by atoms with Crippen LogP contribution in [-0.2, 0) is 20.1 Å². The molecule has 0 aliphatic carbocycles. The summed E-state index contributed by atoms with van der Waals surface area (Å²) in [4.78, 5) is 4.06. The van der Waals surface area contributed by atoms with E-state index in [1.54, 1.807) is 24.1 Å². The number of aromatic nitrogens is 3. The van der Waals surface area contributed by atoms with Gasteiger partial charge in [-0.05, 0) is 23.8 Å². The zero-order chi connectivity index (χ0) is 13.0. The van der Waals surface area contributed by atoms with E-state index in [0.29, 0.717) is 24.5 Å². The van der Waals surface area contributed by atoms with Crippen LogP contribution in [0.5, 0.6) is 0 Å². The first-order valence-corrected chi connectivity index (χ1v) is 5.42. The smallest absolute Gasteiger partial charge is 0.164 e. The Balaban J connectivity index is 1.94. The van der Waals surface area contributed by atoms with E-state index in [1.165, 1.54) is 12.1 Å². The molecule has 0 unspecified atom stereocenters. The maximum absolute atomic E-state index is 13.2. The fourth-order valence-electron chi connectivity index (χ4n) is 1.60. The van der Waals surface area contributed by atoms with Crippen molar-refractivity contribution in [3.05, 3.63) is 47.3 Å². The molecule has 1 heterocycles. The summed E-state index contributed by atoms with van der Waals surface area (Å²) in [5, 5.41) is 15.9. The Morgan fingerprint density at radius 1 is 1.39 bits per heavy atom. The van der Waals surface area contributed by atoms with Gasteiger partial charge < -0.3 is 5.32 Å². The van der Waals surface area contributed by atoms with Crippen LogP contribution in [0.25, 0.3) is 0 Å². The van der Waals surface area contributed by atoms with Gasteiger partial charge in [0, 0.05) is 13.6 Å². The highest BCUT2D eigenvalue weighted by atomic mass is 19.1. The molecular weight excluding hydrogens is 233 g/mol. The summed E-state index contributed by atoms with van der Waals surface area (Å²) in [6, 6.07) is 6.19. The van der Waals surface area contributed by atoms with Gasteiger partial charge in [-0.2, -0.15) is 10.4 Å². The van der Waals surface area contributed by atoms with Gasteiger partial charge in [-0.15, -0.1) is 0 Å². The Morgan fingerprint density at radius 3 is 2.89 bits per heavy atom. The fraction of sp³-hybridized carbons (Fsp3) is 0.250. The number of benzene rings is 1. The van der Waals surface area contributed by atoms with Crippen molar-refractivity contribution in [1.82, 2.24) is 20.1 Å². The molecule has 0 saturated carbocycles. The summed E-state index contributed by atoms with van der Waals surface area (Å²) < 4.78 is 14.8. The molecule has 0 fully saturated rings. The van der Waals surface area contributed by atoms with Crippen molar-refractivity contribution in [1.29, 1.82) is 5.26 Å². The largest absolute Gasteiger partial charge is 0.306 e. The second kappa shape index (κ2) is 5.38. The lowest BCUT2D eigenvalue weighted by atomic mass is 10.1. The van der Waals surface area contributed by atoms with Crippen molar-refractivity contribution < 1.29 is 4.39 Å². The molecule has 18 heavy (non-hydrogen) atoms. The zero-order valence-corrected chi connectivity index (χ0v) is 9.89. The van der Waals surface area contributed by atoms with E-state index in [1.807, 2.05) is 6.07 Å². The monoisotopic (exact) mass is 245 g/mol. The van der Waals surface area contributed by atoms with Gasteiger partial charge in [0.1, 0.15) is 12.1 Å². The molecule has 2 rings (SSSR count). The quantitative estimate of drug-likeness (QED) is 0.876. The second-order valence-electron chi connectivity index (χ2n) is 3.90. The topological polar surface area (TPSA) is 66.5 Å². The van der Waals surface area contributed by atoms with E-state index >= 15 is 0 Å². The van der Waals surface area contributed by atoms with E-state index in [2.05, 4.69) is 15.4 Å². The van der Waals surface area contributed by atoms with Crippen molar-refractivity contribution in [2.75, 3.05) is 0 Å². The summed E-state index contributed by atoms with van der Waals surface area (Å²) in [5.41, 5.74) is 1.05. The average molecular weight is 245 g/mol. The lowest BCUT2D eigenvalue weighted by Crippen LogP contribution is -2.14. The molecule has 5 nitrogen and oxygen atoms in total. The molecule has 0 aliphatic rings. The number of aryl methyl sites for hydroxylation is 1. The first kappa shape index (κ1) is 12.2. The molecule has 0 amide bonds. The van der Waals surface area contributed by atoms with E-state index in [4.69, 9.17) is 5.26 Å². The summed E-state index contributed by atoms with van der Waals surface area (Å²) in [6.07, 6.45) is 1.62. The van der Waals surface area contributed by atoms with Crippen LogP contribution in [0.3, 0.4) is 0 Å². The number of nitriles is 1. The first-order chi connectivity index (χ1) is 8.67. The SMILES string of the molecule is Cn1cnc(CNCc2cc(F)cc(C#N)c2)n1. The van der Waals surface area contributed by atoms with E-state index in [-0.39, 0.29) is 0 Å². The molecule has 2 aromatic rings. The number of hydrogen-bond donors (Lipinski definition) is 1. The van der Waals surface area contributed by atoms with Gasteiger partial charge in [-0.3, -0.25) is 4.68 Å². The molecule has 6 heteroatoms. The molecule has 1 N–H and O–H groups in total. The summed E-state index contributed by atoms with van der Waals surface area (Å²) >= 11 is 0. The number of nitrogens with one attached hydrogen (secondary N) is 1. The van der Waals surface area contributed by atoms with Crippen molar-refractivity contribution in [2.24, 2.45) is 7.05 Å². The molecule has 0 spiro atoms. The van der Waals surface area contributed by atoms with E-state index in [9.17, 15) is 4.39 Å². The number of hydrogen-bond acceptors (Lipinski definition) is 4. The average Bonchev–Trinajstić information content (AvgIpc) is 2.74. The summed E-state index contributed by atoms with van der Waals surface area (Å²) in [7, 11) is 1.79. The number of halogens is 1. The molecule has 0 aliphatic heterocycles. The Kier molecular flexibility index (Phi) is 3.65. The standard InChI is InChI=1S/C12H12FN5/c1-18-8-16-12(17-18)7-15-6-10-2-9(5-14)3-11(13)4-10/h2-4,8,15H,6-7H2,1H3. The van der Waals surface area contributed by atoms with Gasteiger partial charge in [-0.25, -0.2) is 9.37 Å². The van der Waals surface area contributed by atoms with Gasteiger partial charge in [0.25, 0.3) is 0 Å². The van der Waals surface area contributed by atoms with Crippen molar-refractivity contribution in [3.8, 4) is 6.07 Å². The molecule has 0 bridgehead atoms. The van der Waals surface area contributed by atoms with Crippen LogP contribution < -0.4 is 5.32 Å². The Bertz CT molecular complexity index is 584. The van der Waals surface area contributed by atoms with Crippen LogP contribution in [-0.4, -0.2) is 14.8 Å². The fourth-order valence-corrected chi connectivity index (χ4v) is 1.60. The minimum absolute atomic E-state index is 0.322. The van der Waals surface area contributed by atoms with E-state index < -0.39 is 5.82 Å². The Labute approximate surface area is 104 Å². The molecule has 1 aromatic carbocycles. The highest BCUT2D eigenvalue weighted by molar-refractivity contribution is 5.33. The van der Waals surface area contributed by atoms with Crippen LogP contribution in [0.4, 0.5) is 4.39 Å². The van der Waals surface area contributed by atoms with Crippen molar-refractivity contribution >= 4 is 0 Å². The van der Waals surface area contributed by atoms with Gasteiger partial charge in [0.05, 0.1) is 18.2 Å². The summed E-state index contributed by atoms with van der Waals surface area (Å²) in [6.45, 7) is 0.962. The zero-order valence-electron chi connectivity index (χ0n) is 9.89. The lowest BCUT2D eigenvalue weighted by molar-refractivity contribution is 0.615. The Morgan fingerprint density at radius 2 is 2.22 bits per heavy atom. The van der Waals surface area contributed by atoms with Gasteiger partial charge >= 0.3 is 0 Å². The van der Waals surface area contributed by atoms with Gasteiger partial charge in [0.15, 0.2) is 5.82 Å². The third kappa shape index (κ3) is 3.12. The number of nitrogens with zero attached hydrogens (tertiary/aromatic N) is 4.